The number of hydrogen-bond acceptors (Lipinski definition) is 5. The van der Waals surface area contributed by atoms with Gasteiger partial charge in [0, 0.05) is 0 Å². The lowest BCUT2D eigenvalue weighted by molar-refractivity contribution is -0.137. The fraction of sp³-hybridized carbons (Fsp3) is 0.333. The summed E-state index contributed by atoms with van der Waals surface area (Å²) in [4.78, 5) is 0.0201. The maximum atomic E-state index is 13.2. The molecular formula is C21H22F3N3O3S. The molecule has 0 radical (unpaired) electrons. The van der Waals surface area contributed by atoms with Crippen LogP contribution in [0.5, 0.6) is 5.75 Å². The Labute approximate surface area is 178 Å². The molecule has 0 aliphatic carbocycles. The zero-order chi connectivity index (χ0) is 23.2. The van der Waals surface area contributed by atoms with Crippen molar-refractivity contribution in [3.8, 4) is 11.4 Å². The summed E-state index contributed by atoms with van der Waals surface area (Å²) >= 11 is 0. The average Bonchev–Trinajstić information content (AvgIpc) is 3.08. The van der Waals surface area contributed by atoms with Crippen molar-refractivity contribution >= 4 is 9.84 Å². The Hall–Kier alpha value is -2.88. The molecule has 0 atom stereocenters. The largest absolute Gasteiger partial charge is 0.494 e. The molecule has 0 bridgehead atoms. The van der Waals surface area contributed by atoms with Gasteiger partial charge in [0.1, 0.15) is 11.4 Å². The molecule has 3 rings (SSSR count). The van der Waals surface area contributed by atoms with Gasteiger partial charge in [0.25, 0.3) is 0 Å². The van der Waals surface area contributed by atoms with Crippen LogP contribution in [0.25, 0.3) is 5.69 Å². The summed E-state index contributed by atoms with van der Waals surface area (Å²) in [5.41, 5.74) is -0.105. The van der Waals surface area contributed by atoms with Crippen LogP contribution >= 0.6 is 0 Å². The molecule has 0 saturated carbocycles. The van der Waals surface area contributed by atoms with Crippen molar-refractivity contribution in [2.75, 3.05) is 7.11 Å². The van der Waals surface area contributed by atoms with Gasteiger partial charge < -0.3 is 4.74 Å². The van der Waals surface area contributed by atoms with Crippen molar-refractivity contribution < 1.29 is 26.3 Å². The Bertz CT molecular complexity index is 1210. The van der Waals surface area contributed by atoms with Crippen LogP contribution in [0.15, 0.2) is 52.4 Å². The van der Waals surface area contributed by atoms with Crippen molar-refractivity contribution in [3.05, 3.63) is 59.3 Å². The van der Waals surface area contributed by atoms with Gasteiger partial charge in [-0.05, 0) is 48.2 Å². The van der Waals surface area contributed by atoms with Crippen molar-refractivity contribution in [1.29, 1.82) is 0 Å². The Morgan fingerprint density at radius 3 is 2.06 bits per heavy atom. The predicted molar refractivity (Wildman–Crippen MR) is 108 cm³/mol. The maximum absolute atomic E-state index is 13.2. The normalized spacial score (nSPS) is 12.8. The first kappa shape index (κ1) is 22.8. The molecule has 0 aliphatic rings. The van der Waals surface area contributed by atoms with E-state index in [-0.39, 0.29) is 32.5 Å². The van der Waals surface area contributed by atoms with Gasteiger partial charge in [0.2, 0.25) is 14.9 Å². The monoisotopic (exact) mass is 453 g/mol. The van der Waals surface area contributed by atoms with Crippen LogP contribution in [-0.4, -0.2) is 30.5 Å². The smallest absolute Gasteiger partial charge is 0.416 e. The molecule has 10 heteroatoms. The molecule has 2 aromatic carbocycles. The second kappa shape index (κ2) is 7.67. The number of halogens is 3. The summed E-state index contributed by atoms with van der Waals surface area (Å²) < 4.78 is 71.9. The Morgan fingerprint density at radius 2 is 1.55 bits per heavy atom. The second-order valence-electron chi connectivity index (χ2n) is 8.05. The summed E-state index contributed by atoms with van der Waals surface area (Å²) in [5.74, 6) is 0.0967. The van der Waals surface area contributed by atoms with E-state index < -0.39 is 21.6 Å². The fourth-order valence-corrected chi connectivity index (χ4v) is 4.41. The Kier molecular flexibility index (Phi) is 5.64. The van der Waals surface area contributed by atoms with Crippen LogP contribution in [0.4, 0.5) is 13.2 Å². The van der Waals surface area contributed by atoms with Crippen molar-refractivity contribution in [2.45, 2.75) is 49.2 Å². The van der Waals surface area contributed by atoms with Crippen molar-refractivity contribution in [3.63, 3.8) is 0 Å². The highest BCUT2D eigenvalue weighted by Gasteiger charge is 2.33. The highest BCUT2D eigenvalue weighted by molar-refractivity contribution is 7.91. The van der Waals surface area contributed by atoms with Crippen molar-refractivity contribution in [1.82, 2.24) is 15.0 Å². The van der Waals surface area contributed by atoms with Crippen LogP contribution in [0, 0.1) is 6.92 Å². The fourth-order valence-electron chi connectivity index (χ4n) is 3.07. The molecule has 0 unspecified atom stereocenters. The standard InChI is InChI=1S/C21H22F3N3O3S/c1-13-19(31(28,29)16-9-6-14(7-10-16)20(2,3)4)25-26-27(13)17-12-15(21(22,23)24)8-11-18(17)30-5/h6-12H,1-5H3. The summed E-state index contributed by atoms with van der Waals surface area (Å²) in [6.07, 6.45) is -4.58. The van der Waals surface area contributed by atoms with Gasteiger partial charge in [0.05, 0.1) is 23.3 Å². The van der Waals surface area contributed by atoms with Crippen molar-refractivity contribution in [2.24, 2.45) is 0 Å². The third-order valence-electron chi connectivity index (χ3n) is 4.87. The molecule has 166 valence electrons. The highest BCUT2D eigenvalue weighted by Crippen LogP contribution is 2.35. The average molecular weight is 453 g/mol. The molecule has 0 fully saturated rings. The molecule has 0 spiro atoms. The van der Waals surface area contributed by atoms with Gasteiger partial charge in [-0.25, -0.2) is 13.1 Å². The van der Waals surface area contributed by atoms with Gasteiger partial charge >= 0.3 is 6.18 Å². The lowest BCUT2D eigenvalue weighted by Gasteiger charge is -2.19. The molecule has 0 aliphatic heterocycles. The summed E-state index contributed by atoms with van der Waals surface area (Å²) in [6.45, 7) is 7.45. The zero-order valence-corrected chi connectivity index (χ0v) is 18.5. The Balaban J connectivity index is 2.10. The van der Waals surface area contributed by atoms with Crippen LogP contribution in [0.3, 0.4) is 0 Å². The van der Waals surface area contributed by atoms with Gasteiger partial charge in [0.15, 0.2) is 0 Å². The topological polar surface area (TPSA) is 74.1 Å². The van der Waals surface area contributed by atoms with E-state index in [0.717, 1.165) is 28.4 Å². The molecule has 31 heavy (non-hydrogen) atoms. The van der Waals surface area contributed by atoms with E-state index in [4.69, 9.17) is 4.74 Å². The second-order valence-corrected chi connectivity index (χ2v) is 9.92. The highest BCUT2D eigenvalue weighted by atomic mass is 32.2. The number of alkyl halides is 3. The van der Waals surface area contributed by atoms with Crippen LogP contribution < -0.4 is 4.74 Å². The third kappa shape index (κ3) is 4.30. The molecular weight excluding hydrogens is 431 g/mol. The predicted octanol–water partition coefficient (Wildman–Crippen LogP) is 4.73. The van der Waals surface area contributed by atoms with E-state index in [2.05, 4.69) is 10.3 Å². The van der Waals surface area contributed by atoms with Gasteiger partial charge in [-0.1, -0.05) is 38.1 Å². The van der Waals surface area contributed by atoms with E-state index >= 15 is 0 Å². The molecule has 1 aromatic heterocycles. The first-order valence-electron chi connectivity index (χ1n) is 9.30. The number of methoxy groups -OCH3 is 1. The SMILES string of the molecule is COc1ccc(C(F)(F)F)cc1-n1nnc(S(=O)(=O)c2ccc(C(C)(C)C)cc2)c1C. The summed E-state index contributed by atoms with van der Waals surface area (Å²) in [7, 11) is -2.74. The molecule has 6 nitrogen and oxygen atoms in total. The maximum Gasteiger partial charge on any atom is 0.416 e. The van der Waals surface area contributed by atoms with Crippen LogP contribution in [0.2, 0.25) is 0 Å². The lowest BCUT2D eigenvalue weighted by atomic mass is 9.87. The molecule has 3 aromatic rings. The zero-order valence-electron chi connectivity index (χ0n) is 17.6. The minimum absolute atomic E-state index is 0.0201. The van der Waals surface area contributed by atoms with E-state index in [1.165, 1.54) is 26.2 Å². The summed E-state index contributed by atoms with van der Waals surface area (Å²) in [6, 6.07) is 9.29. The Morgan fingerprint density at radius 1 is 0.968 bits per heavy atom. The first-order valence-corrected chi connectivity index (χ1v) is 10.8. The van der Waals surface area contributed by atoms with Crippen LogP contribution in [0.1, 0.15) is 37.6 Å². The number of benzene rings is 2. The van der Waals surface area contributed by atoms with Crippen LogP contribution in [-0.2, 0) is 21.4 Å². The molecule has 0 amide bonds. The number of ether oxygens (including phenoxy) is 1. The number of aromatic nitrogens is 3. The van der Waals surface area contributed by atoms with E-state index in [1.807, 2.05) is 20.8 Å². The molecule has 0 saturated heterocycles. The number of sulfone groups is 1. The number of hydrogen-bond donors (Lipinski definition) is 0. The minimum atomic E-state index is -4.58. The summed E-state index contributed by atoms with van der Waals surface area (Å²) in [5, 5.41) is 7.24. The first-order chi connectivity index (χ1) is 14.3. The minimum Gasteiger partial charge on any atom is -0.494 e. The van der Waals surface area contributed by atoms with E-state index in [9.17, 15) is 21.6 Å². The van der Waals surface area contributed by atoms with Gasteiger partial charge in [-0.2, -0.15) is 13.2 Å². The van der Waals surface area contributed by atoms with E-state index in [0.29, 0.717) is 0 Å². The third-order valence-corrected chi connectivity index (χ3v) is 6.65. The number of rotatable bonds is 4. The van der Waals surface area contributed by atoms with E-state index in [1.54, 1.807) is 12.1 Å². The molecule has 1 heterocycles. The van der Waals surface area contributed by atoms with Gasteiger partial charge in [-0.15, -0.1) is 5.10 Å². The van der Waals surface area contributed by atoms with Gasteiger partial charge in [-0.3, -0.25) is 0 Å². The molecule has 0 N–H and O–H groups in total. The quantitative estimate of drug-likeness (QED) is 0.571. The lowest BCUT2D eigenvalue weighted by Crippen LogP contribution is -2.12. The number of nitrogens with zero attached hydrogens (tertiary/aromatic N) is 3.